The molecule has 0 aliphatic heterocycles. The maximum absolute atomic E-state index is 13.7. The number of hydrogen-bond donors (Lipinski definition) is 1. The van der Waals surface area contributed by atoms with E-state index in [-0.39, 0.29) is 16.6 Å². The van der Waals surface area contributed by atoms with Gasteiger partial charge in [0.05, 0.1) is 29.0 Å². The van der Waals surface area contributed by atoms with Crippen molar-refractivity contribution in [2.45, 2.75) is 26.4 Å². The Kier molecular flexibility index (Phi) is 6.39. The number of hydrogen-bond acceptors (Lipinski definition) is 6. The molecule has 10 heteroatoms. The average molecular weight is 552 g/mol. The molecule has 0 spiro atoms. The molecule has 0 bridgehead atoms. The quantitative estimate of drug-likeness (QED) is 0.313. The smallest absolute Gasteiger partial charge is 0.335 e. The number of carbonyl (C=O) groups is 1. The van der Waals surface area contributed by atoms with Crippen molar-refractivity contribution in [2.24, 2.45) is 7.05 Å². The van der Waals surface area contributed by atoms with E-state index < -0.39 is 17.2 Å². The van der Waals surface area contributed by atoms with Crippen LogP contribution in [-0.2, 0) is 26.6 Å². The van der Waals surface area contributed by atoms with Gasteiger partial charge in [0.1, 0.15) is 5.39 Å². The number of aryl methyl sites for hydroxylation is 3. The molecule has 0 fully saturated rings. The molecule has 0 atom stereocenters. The lowest BCUT2D eigenvalue weighted by Crippen LogP contribution is -2.38. The van der Waals surface area contributed by atoms with E-state index >= 15 is 0 Å². The number of fused-ring (bicyclic) bond motifs is 2. The second kappa shape index (κ2) is 10.0. The minimum atomic E-state index is -1.07. The fraction of sp³-hybridized carbons (Fsp3) is 0.167. The first-order chi connectivity index (χ1) is 19.3. The maximum Gasteiger partial charge on any atom is 0.335 e. The number of carboxylic acid groups (broad SMARTS) is 1. The number of aromatic nitrogens is 5. The Balaban J connectivity index is 1.62. The first-order valence-corrected chi connectivity index (χ1v) is 13.6. The minimum absolute atomic E-state index is 0.0920. The van der Waals surface area contributed by atoms with Crippen molar-refractivity contribution in [3.05, 3.63) is 115 Å². The summed E-state index contributed by atoms with van der Waals surface area (Å²) in [6.45, 7) is 2.55. The van der Waals surface area contributed by atoms with Crippen LogP contribution < -0.4 is 11.2 Å². The molecule has 0 saturated heterocycles. The van der Waals surface area contributed by atoms with Gasteiger partial charge >= 0.3 is 11.7 Å². The Morgan fingerprint density at radius 3 is 2.58 bits per heavy atom. The van der Waals surface area contributed by atoms with Gasteiger partial charge in [-0.3, -0.25) is 18.6 Å². The van der Waals surface area contributed by atoms with Crippen molar-refractivity contribution < 1.29 is 9.90 Å². The standard InChI is InChI=1S/C30H25N5O4S/c1-18-24(40-17-31-18)13-14-34-27-25(28(36)33(2)30(34)39)26(20-9-6-10-21(15-20)29(37)38)35(32-27)16-22-11-5-8-19-7-3-4-12-23(19)22/h3-12,15,17H,13-14,16H2,1-2H3,(H,37,38). The Labute approximate surface area is 232 Å². The predicted octanol–water partition coefficient (Wildman–Crippen LogP) is 4.47. The monoisotopic (exact) mass is 551 g/mol. The van der Waals surface area contributed by atoms with Gasteiger partial charge in [0, 0.05) is 30.5 Å². The first-order valence-electron chi connectivity index (χ1n) is 12.7. The van der Waals surface area contributed by atoms with E-state index in [0.29, 0.717) is 30.8 Å². The molecule has 9 nitrogen and oxygen atoms in total. The third-order valence-corrected chi connectivity index (χ3v) is 8.21. The highest BCUT2D eigenvalue weighted by atomic mass is 32.1. The fourth-order valence-electron chi connectivity index (χ4n) is 5.14. The number of nitrogens with zero attached hydrogens (tertiary/aromatic N) is 5. The summed E-state index contributed by atoms with van der Waals surface area (Å²) in [7, 11) is 1.46. The summed E-state index contributed by atoms with van der Waals surface area (Å²) in [5.41, 5.74) is 4.08. The lowest BCUT2D eigenvalue weighted by Gasteiger charge is -2.11. The van der Waals surface area contributed by atoms with Gasteiger partial charge in [0.2, 0.25) is 0 Å². The molecular weight excluding hydrogens is 526 g/mol. The normalized spacial score (nSPS) is 11.4. The molecule has 6 rings (SSSR count). The SMILES string of the molecule is Cc1ncsc1CCn1c(=O)n(C)c(=O)c2c(-c3cccc(C(=O)O)c3)n(Cc3cccc4ccccc34)nc21. The van der Waals surface area contributed by atoms with Gasteiger partial charge in [-0.25, -0.2) is 14.6 Å². The van der Waals surface area contributed by atoms with E-state index in [9.17, 15) is 19.5 Å². The lowest BCUT2D eigenvalue weighted by atomic mass is 10.0. The highest BCUT2D eigenvalue weighted by molar-refractivity contribution is 7.09. The molecule has 3 heterocycles. The summed E-state index contributed by atoms with van der Waals surface area (Å²) in [6.07, 6.45) is 0.559. The molecule has 3 aromatic heterocycles. The van der Waals surface area contributed by atoms with Crippen LogP contribution in [0.15, 0.2) is 81.8 Å². The number of thiazole rings is 1. The van der Waals surface area contributed by atoms with Gasteiger partial charge in [-0.1, -0.05) is 54.6 Å². The molecule has 1 N–H and O–H groups in total. The van der Waals surface area contributed by atoms with Gasteiger partial charge in [0.25, 0.3) is 5.56 Å². The van der Waals surface area contributed by atoms with Gasteiger partial charge in [-0.05, 0) is 35.4 Å². The number of benzene rings is 3. The minimum Gasteiger partial charge on any atom is -0.478 e. The summed E-state index contributed by atoms with van der Waals surface area (Å²) in [4.78, 5) is 44.2. The van der Waals surface area contributed by atoms with Crippen molar-refractivity contribution in [1.29, 1.82) is 0 Å². The maximum atomic E-state index is 13.7. The van der Waals surface area contributed by atoms with Crippen LogP contribution >= 0.6 is 11.3 Å². The van der Waals surface area contributed by atoms with Crippen molar-refractivity contribution >= 4 is 39.1 Å². The Bertz CT molecular complexity index is 2040. The summed E-state index contributed by atoms with van der Waals surface area (Å²) in [5.74, 6) is -1.07. The number of rotatable bonds is 7. The third kappa shape index (κ3) is 4.32. The molecule has 6 aromatic rings. The molecule has 0 saturated carbocycles. The second-order valence-corrected chi connectivity index (χ2v) is 10.6. The summed E-state index contributed by atoms with van der Waals surface area (Å²) in [5, 5.41) is 16.9. The van der Waals surface area contributed by atoms with Crippen LogP contribution in [0.4, 0.5) is 0 Å². The molecular formula is C30H25N5O4S. The zero-order valence-electron chi connectivity index (χ0n) is 21.9. The van der Waals surface area contributed by atoms with Gasteiger partial charge in [0.15, 0.2) is 5.65 Å². The van der Waals surface area contributed by atoms with E-state index in [1.807, 2.05) is 49.4 Å². The average Bonchev–Trinajstić information content (AvgIpc) is 3.55. The molecule has 0 unspecified atom stereocenters. The Hall–Kier alpha value is -4.83. The van der Waals surface area contributed by atoms with Gasteiger partial charge < -0.3 is 5.11 Å². The zero-order chi connectivity index (χ0) is 28.0. The summed E-state index contributed by atoms with van der Waals surface area (Å²) in [6, 6.07) is 20.5. The highest BCUT2D eigenvalue weighted by Crippen LogP contribution is 2.29. The number of aromatic carboxylic acids is 1. The molecule has 0 aliphatic rings. The second-order valence-electron chi connectivity index (χ2n) is 9.64. The lowest BCUT2D eigenvalue weighted by molar-refractivity contribution is 0.0697. The summed E-state index contributed by atoms with van der Waals surface area (Å²) < 4.78 is 4.33. The topological polar surface area (TPSA) is 112 Å². The zero-order valence-corrected chi connectivity index (χ0v) is 22.7. The van der Waals surface area contributed by atoms with E-state index in [0.717, 1.165) is 31.5 Å². The first kappa shape index (κ1) is 25.4. The van der Waals surface area contributed by atoms with Crippen LogP contribution in [0.1, 0.15) is 26.5 Å². The van der Waals surface area contributed by atoms with Crippen LogP contribution in [0, 0.1) is 6.92 Å². The molecule has 0 aliphatic carbocycles. The Morgan fingerprint density at radius 1 is 1.02 bits per heavy atom. The van der Waals surface area contributed by atoms with Gasteiger partial charge in [-0.2, -0.15) is 5.10 Å². The van der Waals surface area contributed by atoms with Crippen molar-refractivity contribution in [1.82, 2.24) is 23.9 Å². The number of carboxylic acids is 1. The third-order valence-electron chi connectivity index (χ3n) is 7.22. The van der Waals surface area contributed by atoms with Crippen molar-refractivity contribution in [3.63, 3.8) is 0 Å². The van der Waals surface area contributed by atoms with E-state index in [4.69, 9.17) is 5.10 Å². The predicted molar refractivity (Wildman–Crippen MR) is 155 cm³/mol. The molecule has 200 valence electrons. The van der Waals surface area contributed by atoms with E-state index in [1.54, 1.807) is 22.3 Å². The molecule has 3 aromatic carbocycles. The van der Waals surface area contributed by atoms with Crippen LogP contribution in [0.3, 0.4) is 0 Å². The van der Waals surface area contributed by atoms with Crippen molar-refractivity contribution in [2.75, 3.05) is 0 Å². The fourth-order valence-corrected chi connectivity index (χ4v) is 5.91. The molecule has 0 amide bonds. The van der Waals surface area contributed by atoms with Gasteiger partial charge in [-0.15, -0.1) is 11.3 Å². The highest BCUT2D eigenvalue weighted by Gasteiger charge is 2.23. The van der Waals surface area contributed by atoms with E-state index in [1.165, 1.54) is 35.1 Å². The van der Waals surface area contributed by atoms with Crippen molar-refractivity contribution in [3.8, 4) is 11.3 Å². The summed E-state index contributed by atoms with van der Waals surface area (Å²) >= 11 is 1.52. The van der Waals surface area contributed by atoms with Crippen LogP contribution in [0.5, 0.6) is 0 Å². The van der Waals surface area contributed by atoms with E-state index in [2.05, 4.69) is 4.98 Å². The molecule has 0 radical (unpaired) electrons. The van der Waals surface area contributed by atoms with Crippen LogP contribution in [-0.4, -0.2) is 35.0 Å². The largest absolute Gasteiger partial charge is 0.478 e. The Morgan fingerprint density at radius 2 is 1.80 bits per heavy atom. The molecule has 40 heavy (non-hydrogen) atoms. The van der Waals surface area contributed by atoms with Crippen LogP contribution in [0.2, 0.25) is 0 Å². The van der Waals surface area contributed by atoms with Crippen LogP contribution in [0.25, 0.3) is 33.1 Å².